The highest BCUT2D eigenvalue weighted by Gasteiger charge is 2.11. The molecule has 5 heteroatoms. The van der Waals surface area contributed by atoms with E-state index < -0.39 is 0 Å². The molecular formula is C11H14BrClO3. The van der Waals surface area contributed by atoms with Crippen LogP contribution in [0.1, 0.15) is 5.56 Å². The van der Waals surface area contributed by atoms with Crippen LogP contribution in [0.15, 0.2) is 12.1 Å². The molecule has 0 aliphatic rings. The van der Waals surface area contributed by atoms with E-state index in [1.54, 1.807) is 20.3 Å². The van der Waals surface area contributed by atoms with Gasteiger partial charge >= 0.3 is 0 Å². The van der Waals surface area contributed by atoms with Crippen LogP contribution in [0.25, 0.3) is 0 Å². The van der Waals surface area contributed by atoms with E-state index in [1.807, 2.05) is 6.07 Å². The molecule has 0 amide bonds. The predicted octanol–water partition coefficient (Wildman–Crippen LogP) is 3.27. The van der Waals surface area contributed by atoms with Crippen LogP contribution in [0.4, 0.5) is 0 Å². The molecule has 0 bridgehead atoms. The third-order valence-electron chi connectivity index (χ3n) is 1.99. The molecule has 1 aromatic rings. The van der Waals surface area contributed by atoms with Gasteiger partial charge in [-0.15, -0.1) is 0 Å². The van der Waals surface area contributed by atoms with Gasteiger partial charge in [0.05, 0.1) is 13.7 Å². The Morgan fingerprint density at radius 1 is 1.25 bits per heavy atom. The molecule has 0 unspecified atom stereocenters. The molecule has 0 heterocycles. The van der Waals surface area contributed by atoms with E-state index in [4.69, 9.17) is 25.8 Å². The zero-order valence-corrected chi connectivity index (χ0v) is 11.6. The summed E-state index contributed by atoms with van der Waals surface area (Å²) >= 11 is 9.35. The quantitative estimate of drug-likeness (QED) is 0.596. The van der Waals surface area contributed by atoms with Crippen molar-refractivity contribution in [3.63, 3.8) is 0 Å². The van der Waals surface area contributed by atoms with Crippen molar-refractivity contribution >= 4 is 27.5 Å². The standard InChI is InChI=1S/C11H14BrClO3/c1-14-3-4-16-11-8(7-12)5-9(13)6-10(11)15-2/h5-6H,3-4,7H2,1-2H3. The molecule has 0 aromatic heterocycles. The number of rotatable bonds is 6. The maximum Gasteiger partial charge on any atom is 0.165 e. The van der Waals surface area contributed by atoms with Gasteiger partial charge in [0, 0.05) is 29.1 Å². The second-order valence-electron chi connectivity index (χ2n) is 3.07. The van der Waals surface area contributed by atoms with Crippen molar-refractivity contribution in [2.24, 2.45) is 0 Å². The molecule has 0 atom stereocenters. The summed E-state index contributed by atoms with van der Waals surface area (Å²) < 4.78 is 15.8. The molecule has 0 N–H and O–H groups in total. The Hall–Kier alpha value is -0.450. The van der Waals surface area contributed by atoms with Gasteiger partial charge in [-0.3, -0.25) is 0 Å². The molecule has 3 nitrogen and oxygen atoms in total. The van der Waals surface area contributed by atoms with Crippen LogP contribution < -0.4 is 9.47 Å². The molecule has 0 aliphatic carbocycles. The highest BCUT2D eigenvalue weighted by Crippen LogP contribution is 2.35. The normalized spacial score (nSPS) is 10.2. The summed E-state index contributed by atoms with van der Waals surface area (Å²) in [5.74, 6) is 1.35. The van der Waals surface area contributed by atoms with Gasteiger partial charge in [0.25, 0.3) is 0 Å². The van der Waals surface area contributed by atoms with Crippen LogP contribution in [-0.2, 0) is 10.1 Å². The average Bonchev–Trinajstić information content (AvgIpc) is 2.30. The van der Waals surface area contributed by atoms with Crippen molar-refractivity contribution in [1.82, 2.24) is 0 Å². The van der Waals surface area contributed by atoms with Crippen molar-refractivity contribution in [3.8, 4) is 11.5 Å². The Bertz CT molecular complexity index is 319. The van der Waals surface area contributed by atoms with Gasteiger partial charge < -0.3 is 14.2 Å². The summed E-state index contributed by atoms with van der Waals surface area (Å²) in [6.07, 6.45) is 0. The zero-order chi connectivity index (χ0) is 12.0. The third kappa shape index (κ3) is 3.54. The fourth-order valence-corrected chi connectivity index (χ4v) is 1.91. The number of halogens is 2. The SMILES string of the molecule is COCCOc1c(CBr)cc(Cl)cc1OC. The molecule has 16 heavy (non-hydrogen) atoms. The Morgan fingerprint density at radius 2 is 2.00 bits per heavy atom. The second kappa shape index (κ2) is 6.99. The van der Waals surface area contributed by atoms with Gasteiger partial charge in [0.15, 0.2) is 11.5 Å². The minimum absolute atomic E-state index is 0.481. The van der Waals surface area contributed by atoms with E-state index in [2.05, 4.69) is 15.9 Å². The molecule has 90 valence electrons. The van der Waals surface area contributed by atoms with Crippen molar-refractivity contribution in [1.29, 1.82) is 0 Å². The Morgan fingerprint density at radius 3 is 2.56 bits per heavy atom. The lowest BCUT2D eigenvalue weighted by molar-refractivity contribution is 0.144. The summed E-state index contributed by atoms with van der Waals surface area (Å²) in [7, 11) is 3.22. The van der Waals surface area contributed by atoms with Crippen molar-refractivity contribution in [2.75, 3.05) is 27.4 Å². The van der Waals surface area contributed by atoms with Crippen molar-refractivity contribution < 1.29 is 14.2 Å². The van der Waals surface area contributed by atoms with E-state index in [0.717, 1.165) is 5.56 Å². The fraction of sp³-hybridized carbons (Fsp3) is 0.455. The highest BCUT2D eigenvalue weighted by atomic mass is 79.9. The maximum absolute atomic E-state index is 5.96. The number of alkyl halides is 1. The number of hydrogen-bond acceptors (Lipinski definition) is 3. The van der Waals surface area contributed by atoms with E-state index >= 15 is 0 Å². The minimum atomic E-state index is 0.481. The van der Waals surface area contributed by atoms with Crippen LogP contribution in [0.2, 0.25) is 5.02 Å². The Balaban J connectivity index is 2.93. The van der Waals surface area contributed by atoms with Gasteiger partial charge in [0.1, 0.15) is 6.61 Å². The number of ether oxygens (including phenoxy) is 3. The summed E-state index contributed by atoms with van der Waals surface area (Å²) in [5.41, 5.74) is 0.959. The summed E-state index contributed by atoms with van der Waals surface area (Å²) in [6, 6.07) is 3.58. The molecule has 0 radical (unpaired) electrons. The second-order valence-corrected chi connectivity index (χ2v) is 4.07. The smallest absolute Gasteiger partial charge is 0.165 e. The van der Waals surface area contributed by atoms with Crippen LogP contribution in [0.3, 0.4) is 0 Å². The number of methoxy groups -OCH3 is 2. The van der Waals surface area contributed by atoms with E-state index in [9.17, 15) is 0 Å². The summed E-state index contributed by atoms with van der Waals surface area (Å²) in [6.45, 7) is 1.02. The first kappa shape index (κ1) is 13.6. The Kier molecular flexibility index (Phi) is 5.95. The van der Waals surface area contributed by atoms with Gasteiger partial charge in [0.2, 0.25) is 0 Å². The number of hydrogen-bond donors (Lipinski definition) is 0. The maximum atomic E-state index is 5.96. The zero-order valence-electron chi connectivity index (χ0n) is 9.26. The van der Waals surface area contributed by atoms with Gasteiger partial charge in [-0.2, -0.15) is 0 Å². The van der Waals surface area contributed by atoms with Gasteiger partial charge in [-0.05, 0) is 6.07 Å². The first-order valence-electron chi connectivity index (χ1n) is 4.77. The van der Waals surface area contributed by atoms with Crippen LogP contribution >= 0.6 is 27.5 Å². The molecule has 1 rings (SSSR count). The number of benzene rings is 1. The first-order chi connectivity index (χ1) is 7.72. The van der Waals surface area contributed by atoms with E-state index in [-0.39, 0.29) is 0 Å². The molecule has 0 fully saturated rings. The van der Waals surface area contributed by atoms with Gasteiger partial charge in [-0.25, -0.2) is 0 Å². The first-order valence-corrected chi connectivity index (χ1v) is 6.27. The lowest BCUT2D eigenvalue weighted by Gasteiger charge is -2.14. The van der Waals surface area contributed by atoms with Crippen LogP contribution in [0, 0.1) is 0 Å². The monoisotopic (exact) mass is 308 g/mol. The van der Waals surface area contributed by atoms with Crippen molar-refractivity contribution in [2.45, 2.75) is 5.33 Å². The predicted molar refractivity (Wildman–Crippen MR) is 68.0 cm³/mol. The average molecular weight is 310 g/mol. The van der Waals surface area contributed by atoms with Crippen molar-refractivity contribution in [3.05, 3.63) is 22.7 Å². The fourth-order valence-electron chi connectivity index (χ4n) is 1.26. The highest BCUT2D eigenvalue weighted by molar-refractivity contribution is 9.08. The molecule has 1 aromatic carbocycles. The summed E-state index contributed by atoms with van der Waals surface area (Å²) in [4.78, 5) is 0. The molecular weight excluding hydrogens is 295 g/mol. The largest absolute Gasteiger partial charge is 0.493 e. The lowest BCUT2D eigenvalue weighted by Crippen LogP contribution is -2.06. The Labute approximate surface area is 109 Å². The molecule has 0 aliphatic heterocycles. The summed E-state index contributed by atoms with van der Waals surface area (Å²) in [5, 5.41) is 1.29. The lowest BCUT2D eigenvalue weighted by atomic mass is 10.2. The van der Waals surface area contributed by atoms with E-state index in [0.29, 0.717) is 35.1 Å². The van der Waals surface area contributed by atoms with Gasteiger partial charge in [-0.1, -0.05) is 27.5 Å². The molecule has 0 saturated carbocycles. The minimum Gasteiger partial charge on any atom is -0.493 e. The molecule has 0 saturated heterocycles. The van der Waals surface area contributed by atoms with E-state index in [1.165, 1.54) is 0 Å². The topological polar surface area (TPSA) is 27.7 Å². The molecule has 0 spiro atoms. The third-order valence-corrected chi connectivity index (χ3v) is 2.82. The van der Waals surface area contributed by atoms with Crippen LogP contribution in [-0.4, -0.2) is 27.4 Å². The van der Waals surface area contributed by atoms with Crippen LogP contribution in [0.5, 0.6) is 11.5 Å².